The molecule has 11 heteroatoms. The van der Waals surface area contributed by atoms with Crippen LogP contribution in [0.2, 0.25) is 0 Å². The standard InChI is InChI=1S/C13H25F3N4O2S.HI/c1-12(2,3)19-11(17-4)18-9-10-5-7-20(8-6-10)23(21,22)13(14,15)16;/h10H,5-9H2,1-4H3,(H2,17,18,19);1H. The van der Waals surface area contributed by atoms with Crippen LogP contribution in [0.5, 0.6) is 0 Å². The van der Waals surface area contributed by atoms with Gasteiger partial charge in [0.1, 0.15) is 0 Å². The summed E-state index contributed by atoms with van der Waals surface area (Å²) < 4.78 is 60.7. The molecule has 1 aliphatic rings. The smallest absolute Gasteiger partial charge is 0.356 e. The predicted octanol–water partition coefficient (Wildman–Crippen LogP) is 2.13. The first-order valence-electron chi connectivity index (χ1n) is 7.42. The molecule has 0 aromatic carbocycles. The molecule has 144 valence electrons. The van der Waals surface area contributed by atoms with Gasteiger partial charge in [-0.25, -0.2) is 8.42 Å². The Morgan fingerprint density at radius 1 is 1.21 bits per heavy atom. The molecule has 2 N–H and O–H groups in total. The number of sulfonamides is 1. The molecule has 24 heavy (non-hydrogen) atoms. The molecular formula is C13H26F3IN4O2S. The Balaban J connectivity index is 0.00000529. The third-order valence-electron chi connectivity index (χ3n) is 3.48. The van der Waals surface area contributed by atoms with Crippen molar-refractivity contribution in [3.63, 3.8) is 0 Å². The van der Waals surface area contributed by atoms with Crippen LogP contribution in [0.1, 0.15) is 33.6 Å². The van der Waals surface area contributed by atoms with Crippen molar-refractivity contribution in [2.75, 3.05) is 26.7 Å². The average Bonchev–Trinajstić information content (AvgIpc) is 2.41. The third kappa shape index (κ3) is 6.90. The zero-order valence-electron chi connectivity index (χ0n) is 14.3. The molecule has 1 aliphatic heterocycles. The Labute approximate surface area is 158 Å². The van der Waals surface area contributed by atoms with Gasteiger partial charge < -0.3 is 10.6 Å². The highest BCUT2D eigenvalue weighted by Gasteiger charge is 2.50. The van der Waals surface area contributed by atoms with E-state index in [2.05, 4.69) is 15.6 Å². The van der Waals surface area contributed by atoms with Crippen LogP contribution in [0.15, 0.2) is 4.99 Å². The number of nitrogens with zero attached hydrogens (tertiary/aromatic N) is 2. The van der Waals surface area contributed by atoms with Crippen LogP contribution in [-0.2, 0) is 10.0 Å². The van der Waals surface area contributed by atoms with Crippen molar-refractivity contribution >= 4 is 40.0 Å². The van der Waals surface area contributed by atoms with Gasteiger partial charge in [0.25, 0.3) is 0 Å². The zero-order chi connectivity index (χ0) is 17.9. The van der Waals surface area contributed by atoms with E-state index in [0.29, 0.717) is 29.7 Å². The van der Waals surface area contributed by atoms with E-state index < -0.39 is 15.5 Å². The van der Waals surface area contributed by atoms with Crippen LogP contribution in [0, 0.1) is 5.92 Å². The van der Waals surface area contributed by atoms with Gasteiger partial charge in [0, 0.05) is 32.2 Å². The van der Waals surface area contributed by atoms with E-state index in [1.807, 2.05) is 20.8 Å². The number of hydrogen-bond donors (Lipinski definition) is 2. The van der Waals surface area contributed by atoms with Gasteiger partial charge in [-0.3, -0.25) is 4.99 Å². The highest BCUT2D eigenvalue weighted by Crippen LogP contribution is 2.30. The largest absolute Gasteiger partial charge is 0.511 e. The van der Waals surface area contributed by atoms with E-state index in [9.17, 15) is 21.6 Å². The van der Waals surface area contributed by atoms with Crippen LogP contribution >= 0.6 is 24.0 Å². The molecule has 6 nitrogen and oxygen atoms in total. The van der Waals surface area contributed by atoms with Gasteiger partial charge in [0.05, 0.1) is 0 Å². The molecule has 0 aromatic heterocycles. The van der Waals surface area contributed by atoms with E-state index in [-0.39, 0.29) is 48.5 Å². The van der Waals surface area contributed by atoms with Crippen molar-refractivity contribution in [2.24, 2.45) is 10.9 Å². The second-order valence-corrected chi connectivity index (χ2v) is 8.55. The Bertz CT molecular complexity index is 524. The Hall–Kier alpha value is -0.300. The summed E-state index contributed by atoms with van der Waals surface area (Å²) in [5, 5.41) is 6.31. The van der Waals surface area contributed by atoms with E-state index in [0.717, 1.165) is 0 Å². The molecule has 1 heterocycles. The lowest BCUT2D eigenvalue weighted by molar-refractivity contribution is -0.0496. The third-order valence-corrected chi connectivity index (χ3v) is 5.11. The second kappa shape index (κ2) is 8.88. The summed E-state index contributed by atoms with van der Waals surface area (Å²) in [5.41, 5.74) is -5.39. The number of alkyl halides is 3. The summed E-state index contributed by atoms with van der Waals surface area (Å²) in [6, 6.07) is 0. The number of guanidine groups is 1. The summed E-state index contributed by atoms with van der Waals surface area (Å²) in [6.45, 7) is 6.27. The lowest BCUT2D eigenvalue weighted by Crippen LogP contribution is -2.50. The summed E-state index contributed by atoms with van der Waals surface area (Å²) in [4.78, 5) is 4.08. The van der Waals surface area contributed by atoms with Gasteiger partial charge in [-0.05, 0) is 39.5 Å². The molecule has 0 unspecified atom stereocenters. The fourth-order valence-corrected chi connectivity index (χ4v) is 3.26. The fourth-order valence-electron chi connectivity index (χ4n) is 2.28. The number of hydrogen-bond acceptors (Lipinski definition) is 3. The van der Waals surface area contributed by atoms with E-state index >= 15 is 0 Å². The maximum Gasteiger partial charge on any atom is 0.511 e. The zero-order valence-corrected chi connectivity index (χ0v) is 17.4. The summed E-state index contributed by atoms with van der Waals surface area (Å²) >= 11 is 0. The van der Waals surface area contributed by atoms with Crippen LogP contribution < -0.4 is 10.6 Å². The molecule has 0 spiro atoms. The topological polar surface area (TPSA) is 73.8 Å². The van der Waals surface area contributed by atoms with Crippen molar-refractivity contribution in [3.8, 4) is 0 Å². The van der Waals surface area contributed by atoms with Gasteiger partial charge in [0.2, 0.25) is 0 Å². The van der Waals surface area contributed by atoms with Gasteiger partial charge >= 0.3 is 15.5 Å². The summed E-state index contributed by atoms with van der Waals surface area (Å²) in [5.74, 6) is 0.719. The van der Waals surface area contributed by atoms with Crippen molar-refractivity contribution in [2.45, 2.75) is 44.7 Å². The first-order valence-corrected chi connectivity index (χ1v) is 8.86. The number of rotatable bonds is 3. The first-order chi connectivity index (χ1) is 10.4. The van der Waals surface area contributed by atoms with Crippen molar-refractivity contribution in [3.05, 3.63) is 0 Å². The van der Waals surface area contributed by atoms with Crippen LogP contribution in [0.3, 0.4) is 0 Å². The Morgan fingerprint density at radius 2 is 1.71 bits per heavy atom. The van der Waals surface area contributed by atoms with Crippen LogP contribution in [0.25, 0.3) is 0 Å². The van der Waals surface area contributed by atoms with Gasteiger partial charge in [-0.2, -0.15) is 17.5 Å². The monoisotopic (exact) mass is 486 g/mol. The molecule has 0 amide bonds. The quantitative estimate of drug-likeness (QED) is 0.364. The van der Waals surface area contributed by atoms with E-state index in [4.69, 9.17) is 0 Å². The molecule has 0 radical (unpaired) electrons. The lowest BCUT2D eigenvalue weighted by Gasteiger charge is -2.32. The number of nitrogens with one attached hydrogen (secondary N) is 2. The van der Waals surface area contributed by atoms with E-state index in [1.54, 1.807) is 7.05 Å². The molecule has 0 atom stereocenters. The maximum absolute atomic E-state index is 12.5. The second-order valence-electron chi connectivity index (χ2n) is 6.62. The first kappa shape index (κ1) is 23.7. The molecule has 0 aliphatic carbocycles. The minimum absolute atomic E-state index is 0. The van der Waals surface area contributed by atoms with Gasteiger partial charge in [-0.1, -0.05) is 0 Å². The van der Waals surface area contributed by atoms with Crippen molar-refractivity contribution < 1.29 is 21.6 Å². The minimum atomic E-state index is -5.23. The highest BCUT2D eigenvalue weighted by atomic mass is 127. The predicted molar refractivity (Wildman–Crippen MR) is 98.9 cm³/mol. The molecule has 1 saturated heterocycles. The fraction of sp³-hybridized carbons (Fsp3) is 0.923. The molecule has 1 rings (SSSR count). The molecule has 0 bridgehead atoms. The number of piperidine rings is 1. The molecular weight excluding hydrogens is 460 g/mol. The van der Waals surface area contributed by atoms with E-state index in [1.165, 1.54) is 0 Å². The van der Waals surface area contributed by atoms with Gasteiger partial charge in [0.15, 0.2) is 5.96 Å². The van der Waals surface area contributed by atoms with Gasteiger partial charge in [-0.15, -0.1) is 24.0 Å². The lowest BCUT2D eigenvalue weighted by atomic mass is 9.98. The highest BCUT2D eigenvalue weighted by molar-refractivity contribution is 14.0. The minimum Gasteiger partial charge on any atom is -0.356 e. The number of aliphatic imine (C=N–C) groups is 1. The van der Waals surface area contributed by atoms with Crippen LogP contribution in [-0.4, -0.2) is 56.4 Å². The maximum atomic E-state index is 12.5. The normalized spacial score (nSPS) is 18.9. The Morgan fingerprint density at radius 3 is 2.08 bits per heavy atom. The number of halogens is 4. The van der Waals surface area contributed by atoms with Crippen molar-refractivity contribution in [1.82, 2.24) is 14.9 Å². The SMILES string of the molecule is CN=C(NCC1CCN(S(=O)(=O)C(F)(F)F)CC1)NC(C)(C)C.I. The molecule has 1 fully saturated rings. The molecule has 0 aromatic rings. The Kier molecular flexibility index (Phi) is 8.77. The van der Waals surface area contributed by atoms with Crippen LogP contribution in [0.4, 0.5) is 13.2 Å². The van der Waals surface area contributed by atoms with Crippen molar-refractivity contribution in [1.29, 1.82) is 0 Å². The summed E-state index contributed by atoms with van der Waals surface area (Å²) in [7, 11) is -3.57. The molecule has 0 saturated carbocycles. The summed E-state index contributed by atoms with van der Waals surface area (Å²) in [6.07, 6.45) is 0.768. The average molecular weight is 486 g/mol.